The fourth-order valence-corrected chi connectivity index (χ4v) is 3.78. The molecule has 1 aliphatic rings. The number of aromatic nitrogens is 1. The number of nitrogens with one attached hydrogen (secondary N) is 2. The highest BCUT2D eigenvalue weighted by molar-refractivity contribution is 7.10. The molecule has 2 atom stereocenters. The molecule has 4 rings (SSSR count). The van der Waals surface area contributed by atoms with Crippen molar-refractivity contribution in [2.45, 2.75) is 12.2 Å². The third-order valence-electron chi connectivity index (χ3n) is 4.20. The van der Waals surface area contributed by atoms with Crippen molar-refractivity contribution in [3.05, 3.63) is 81.9 Å². The number of fused-ring (bicyclic) bond motifs is 1. The summed E-state index contributed by atoms with van der Waals surface area (Å²) in [4.78, 5) is 10.7. The number of benzene rings is 1. The third-order valence-corrected chi connectivity index (χ3v) is 5.15. The Bertz CT molecular complexity index is 890. The number of likely N-dealkylation sites (N-methyl/N-ethyl adjacent to an activating group) is 1. The van der Waals surface area contributed by atoms with Gasteiger partial charge in [-0.25, -0.2) is 9.37 Å². The zero-order chi connectivity index (χ0) is 17.2. The molecule has 126 valence electrons. The van der Waals surface area contributed by atoms with Gasteiger partial charge >= 0.3 is 0 Å². The van der Waals surface area contributed by atoms with Crippen LogP contribution in [0.3, 0.4) is 0 Å². The maximum atomic E-state index is 13.4. The van der Waals surface area contributed by atoms with Gasteiger partial charge in [0.15, 0.2) is 0 Å². The molecule has 2 N–H and O–H groups in total. The first-order valence-electron chi connectivity index (χ1n) is 8.02. The Morgan fingerprint density at radius 3 is 2.68 bits per heavy atom. The summed E-state index contributed by atoms with van der Waals surface area (Å²) >= 11 is 1.67. The standard InChI is InChI=1S/C19H17FN4S/c1-21-19-17(15-5-3-11-25-15)23-16(12-6-8-13(20)9-7-12)14-4-2-10-22-18(14)24-19/h2-11,17,19,21H,1H3,(H,22,24). The predicted octanol–water partition coefficient (Wildman–Crippen LogP) is 3.83. The van der Waals surface area contributed by atoms with Gasteiger partial charge in [0.2, 0.25) is 0 Å². The lowest BCUT2D eigenvalue weighted by Crippen LogP contribution is -2.38. The smallest absolute Gasteiger partial charge is 0.136 e. The summed E-state index contributed by atoms with van der Waals surface area (Å²) in [5, 5.41) is 8.79. The number of aliphatic imine (C=N–C) groups is 1. The van der Waals surface area contributed by atoms with Crippen LogP contribution < -0.4 is 10.6 Å². The molecule has 2 aromatic heterocycles. The van der Waals surface area contributed by atoms with E-state index >= 15 is 0 Å². The molecular formula is C19H17FN4S. The molecule has 6 heteroatoms. The molecule has 4 nitrogen and oxygen atoms in total. The van der Waals surface area contributed by atoms with Crippen molar-refractivity contribution in [2.24, 2.45) is 4.99 Å². The van der Waals surface area contributed by atoms with E-state index in [9.17, 15) is 4.39 Å². The van der Waals surface area contributed by atoms with E-state index in [2.05, 4.69) is 21.7 Å². The van der Waals surface area contributed by atoms with Crippen LogP contribution in [0, 0.1) is 5.82 Å². The van der Waals surface area contributed by atoms with Crippen molar-refractivity contribution >= 4 is 22.9 Å². The minimum atomic E-state index is -0.259. The highest BCUT2D eigenvalue weighted by atomic mass is 32.1. The summed E-state index contributed by atoms with van der Waals surface area (Å²) < 4.78 is 13.4. The van der Waals surface area contributed by atoms with Crippen LogP contribution in [-0.2, 0) is 0 Å². The molecule has 0 fully saturated rings. The van der Waals surface area contributed by atoms with Crippen LogP contribution in [0.2, 0.25) is 0 Å². The van der Waals surface area contributed by atoms with Crippen molar-refractivity contribution in [1.29, 1.82) is 0 Å². The topological polar surface area (TPSA) is 49.3 Å². The number of thiophene rings is 1. The van der Waals surface area contributed by atoms with Gasteiger partial charge in [-0.1, -0.05) is 6.07 Å². The summed E-state index contributed by atoms with van der Waals surface area (Å²) in [6.45, 7) is 0. The molecule has 0 amide bonds. The fourth-order valence-electron chi connectivity index (χ4n) is 2.98. The Morgan fingerprint density at radius 2 is 1.96 bits per heavy atom. The molecule has 1 aromatic carbocycles. The number of pyridine rings is 1. The normalized spacial score (nSPS) is 19.5. The molecule has 3 aromatic rings. The van der Waals surface area contributed by atoms with Gasteiger partial charge in [0.05, 0.1) is 5.71 Å². The molecule has 0 radical (unpaired) electrons. The van der Waals surface area contributed by atoms with E-state index in [1.165, 1.54) is 12.1 Å². The summed E-state index contributed by atoms with van der Waals surface area (Å²) in [7, 11) is 1.90. The molecule has 0 bridgehead atoms. The van der Waals surface area contributed by atoms with E-state index < -0.39 is 0 Å². The number of rotatable bonds is 3. The number of hydrogen-bond donors (Lipinski definition) is 2. The van der Waals surface area contributed by atoms with Crippen LogP contribution in [0.1, 0.15) is 22.0 Å². The first-order valence-corrected chi connectivity index (χ1v) is 8.90. The average molecular weight is 352 g/mol. The predicted molar refractivity (Wildman–Crippen MR) is 99.8 cm³/mol. The molecule has 0 saturated heterocycles. The van der Waals surface area contributed by atoms with Crippen LogP contribution in [0.25, 0.3) is 0 Å². The van der Waals surface area contributed by atoms with E-state index in [4.69, 9.17) is 4.99 Å². The SMILES string of the molecule is CNC1Nc2ncccc2C(c2ccc(F)cc2)=NC1c1cccs1. The minimum absolute atomic E-state index is 0.0924. The van der Waals surface area contributed by atoms with Gasteiger partial charge in [-0.3, -0.25) is 10.3 Å². The van der Waals surface area contributed by atoms with Crippen molar-refractivity contribution < 1.29 is 4.39 Å². The molecule has 3 heterocycles. The van der Waals surface area contributed by atoms with E-state index in [0.29, 0.717) is 0 Å². The van der Waals surface area contributed by atoms with E-state index in [-0.39, 0.29) is 18.0 Å². The van der Waals surface area contributed by atoms with Crippen LogP contribution >= 0.6 is 11.3 Å². The molecule has 0 spiro atoms. The number of anilines is 1. The zero-order valence-corrected chi connectivity index (χ0v) is 14.4. The molecule has 0 aliphatic carbocycles. The van der Waals surface area contributed by atoms with E-state index in [1.807, 2.05) is 30.6 Å². The second-order valence-electron chi connectivity index (χ2n) is 5.76. The Balaban J connectivity index is 1.91. The van der Waals surface area contributed by atoms with Crippen LogP contribution in [0.4, 0.5) is 10.2 Å². The summed E-state index contributed by atoms with van der Waals surface area (Å²) in [6, 6.07) is 14.3. The van der Waals surface area contributed by atoms with Crippen LogP contribution in [-0.4, -0.2) is 23.9 Å². The van der Waals surface area contributed by atoms with E-state index in [0.717, 1.165) is 27.5 Å². The maximum absolute atomic E-state index is 13.4. The molecule has 1 aliphatic heterocycles. The fraction of sp³-hybridized carbons (Fsp3) is 0.158. The van der Waals surface area contributed by atoms with Crippen LogP contribution in [0.5, 0.6) is 0 Å². The van der Waals surface area contributed by atoms with Gasteiger partial charge in [0.25, 0.3) is 0 Å². The summed E-state index contributed by atoms with van der Waals surface area (Å²) in [6.07, 6.45) is 1.66. The van der Waals surface area contributed by atoms with Gasteiger partial charge in [-0.2, -0.15) is 0 Å². The Kier molecular flexibility index (Phi) is 4.29. The third kappa shape index (κ3) is 3.06. The Labute approximate surface area is 149 Å². The van der Waals surface area contributed by atoms with Crippen molar-refractivity contribution in [1.82, 2.24) is 10.3 Å². The second kappa shape index (κ2) is 6.74. The zero-order valence-electron chi connectivity index (χ0n) is 13.6. The van der Waals surface area contributed by atoms with Crippen molar-refractivity contribution in [3.63, 3.8) is 0 Å². The Hall–Kier alpha value is -2.57. The van der Waals surface area contributed by atoms with Gasteiger partial charge < -0.3 is 5.32 Å². The van der Waals surface area contributed by atoms with Crippen molar-refractivity contribution in [2.75, 3.05) is 12.4 Å². The lowest BCUT2D eigenvalue weighted by atomic mass is 10.0. The van der Waals surface area contributed by atoms with E-state index in [1.54, 1.807) is 29.7 Å². The lowest BCUT2D eigenvalue weighted by Gasteiger charge is -2.23. The summed E-state index contributed by atoms with van der Waals surface area (Å²) in [5.41, 5.74) is 2.59. The first-order chi connectivity index (χ1) is 12.3. The summed E-state index contributed by atoms with van der Waals surface area (Å²) in [5.74, 6) is 0.509. The second-order valence-corrected chi connectivity index (χ2v) is 6.73. The number of halogens is 1. The molecular weight excluding hydrogens is 335 g/mol. The Morgan fingerprint density at radius 1 is 1.12 bits per heavy atom. The van der Waals surface area contributed by atoms with Gasteiger partial charge in [0.1, 0.15) is 23.8 Å². The molecule has 0 saturated carbocycles. The van der Waals surface area contributed by atoms with Crippen molar-refractivity contribution in [3.8, 4) is 0 Å². The molecule has 2 unspecified atom stereocenters. The first kappa shape index (κ1) is 15.9. The quantitative estimate of drug-likeness (QED) is 0.753. The van der Waals surface area contributed by atoms with Gasteiger partial charge in [-0.05, 0) is 54.9 Å². The largest absolute Gasteiger partial charge is 0.352 e. The van der Waals surface area contributed by atoms with Crippen LogP contribution in [0.15, 0.2) is 65.1 Å². The monoisotopic (exact) mass is 352 g/mol. The highest BCUT2D eigenvalue weighted by Gasteiger charge is 2.28. The highest BCUT2D eigenvalue weighted by Crippen LogP contribution is 2.32. The molecule has 25 heavy (non-hydrogen) atoms. The number of hydrogen-bond acceptors (Lipinski definition) is 5. The number of nitrogens with zero attached hydrogens (tertiary/aromatic N) is 2. The van der Waals surface area contributed by atoms with Gasteiger partial charge in [-0.15, -0.1) is 11.3 Å². The average Bonchev–Trinajstić information content (AvgIpc) is 3.11. The maximum Gasteiger partial charge on any atom is 0.136 e. The minimum Gasteiger partial charge on any atom is -0.352 e. The lowest BCUT2D eigenvalue weighted by molar-refractivity contribution is 0.529. The van der Waals surface area contributed by atoms with Gasteiger partial charge in [0, 0.05) is 22.2 Å².